The van der Waals surface area contributed by atoms with Gasteiger partial charge in [0, 0.05) is 38.1 Å². The molecule has 5 rings (SSSR count). The van der Waals surface area contributed by atoms with Crippen LogP contribution in [0.25, 0.3) is 0 Å². The van der Waals surface area contributed by atoms with E-state index in [0.717, 1.165) is 22.3 Å². The predicted molar refractivity (Wildman–Crippen MR) is 145 cm³/mol. The van der Waals surface area contributed by atoms with Crippen molar-refractivity contribution in [2.24, 2.45) is 4.99 Å². The molecule has 7 nitrogen and oxygen atoms in total. The minimum Gasteiger partial charge on any atom is -0.497 e. The SMILES string of the molecule is C=CCN1Cc2ccccc2C[C@]2(N=C(c3ccc(OCCCO)cc3)O[C@@H]2c2cccc(OC)c2)C1=O. The van der Waals surface area contributed by atoms with Crippen molar-refractivity contribution in [1.82, 2.24) is 4.90 Å². The van der Waals surface area contributed by atoms with Gasteiger partial charge in [0.25, 0.3) is 5.91 Å². The van der Waals surface area contributed by atoms with Gasteiger partial charge in [0.2, 0.25) is 5.90 Å². The number of benzene rings is 3. The second kappa shape index (κ2) is 11.1. The molecule has 2 aliphatic heterocycles. The maximum atomic E-state index is 14.4. The average Bonchev–Trinajstić information content (AvgIpc) is 3.29. The molecule has 3 aromatic carbocycles. The number of carbonyl (C=O) groups excluding carboxylic acids is 1. The Bertz CT molecular complexity index is 1340. The molecule has 1 spiro atoms. The maximum Gasteiger partial charge on any atom is 0.255 e. The highest BCUT2D eigenvalue weighted by Gasteiger charge is 2.56. The third-order valence-electron chi connectivity index (χ3n) is 6.98. The van der Waals surface area contributed by atoms with E-state index in [0.29, 0.717) is 49.9 Å². The molecule has 0 radical (unpaired) electrons. The van der Waals surface area contributed by atoms with Crippen LogP contribution in [0.3, 0.4) is 0 Å². The van der Waals surface area contributed by atoms with Crippen LogP contribution in [0.4, 0.5) is 0 Å². The van der Waals surface area contributed by atoms with Gasteiger partial charge in [0.05, 0.1) is 13.7 Å². The van der Waals surface area contributed by atoms with E-state index in [9.17, 15) is 4.79 Å². The number of hydrogen-bond donors (Lipinski definition) is 1. The number of rotatable bonds is 9. The van der Waals surface area contributed by atoms with Crippen molar-refractivity contribution in [2.75, 3.05) is 26.9 Å². The lowest BCUT2D eigenvalue weighted by atomic mass is 9.81. The highest BCUT2D eigenvalue weighted by molar-refractivity contribution is 6.01. The topological polar surface area (TPSA) is 80.6 Å². The quantitative estimate of drug-likeness (QED) is 0.338. The lowest BCUT2D eigenvalue weighted by Crippen LogP contribution is -2.50. The van der Waals surface area contributed by atoms with E-state index in [1.54, 1.807) is 18.1 Å². The molecule has 0 aliphatic carbocycles. The first-order valence-electron chi connectivity index (χ1n) is 12.8. The summed E-state index contributed by atoms with van der Waals surface area (Å²) in [5, 5.41) is 9.00. The smallest absolute Gasteiger partial charge is 0.255 e. The Morgan fingerprint density at radius 1 is 1.11 bits per heavy atom. The van der Waals surface area contributed by atoms with Crippen LogP contribution in [0, 0.1) is 0 Å². The predicted octanol–water partition coefficient (Wildman–Crippen LogP) is 4.48. The van der Waals surface area contributed by atoms with Crippen LogP contribution < -0.4 is 9.47 Å². The number of amides is 1. The third kappa shape index (κ3) is 4.89. The van der Waals surface area contributed by atoms with E-state index in [-0.39, 0.29) is 12.5 Å². The van der Waals surface area contributed by atoms with Gasteiger partial charge in [0.15, 0.2) is 11.6 Å². The van der Waals surface area contributed by atoms with Gasteiger partial charge in [-0.25, -0.2) is 4.99 Å². The molecular weight excluding hydrogens is 480 g/mol. The van der Waals surface area contributed by atoms with Crippen molar-refractivity contribution in [3.63, 3.8) is 0 Å². The number of aliphatic imine (C=N–C) groups is 1. The molecule has 1 N–H and O–H groups in total. The van der Waals surface area contributed by atoms with Gasteiger partial charge in [-0.15, -0.1) is 6.58 Å². The standard InChI is InChI=1S/C31H32N2O5/c1-3-16-33-21-25-9-5-4-8-24(25)20-31(30(33)35)28(23-10-6-11-27(19-23)36-2)38-29(32-31)22-12-14-26(15-13-22)37-18-7-17-34/h3-6,8-15,19,28,34H,1,7,16-18,20-21H2,2H3/t28-,31-/m1/s1. The largest absolute Gasteiger partial charge is 0.497 e. The molecule has 0 saturated carbocycles. The van der Waals surface area contributed by atoms with Crippen LogP contribution in [0.2, 0.25) is 0 Å². The van der Waals surface area contributed by atoms with Crippen LogP contribution in [-0.4, -0.2) is 54.2 Å². The number of carbonyl (C=O) groups is 1. The summed E-state index contributed by atoms with van der Waals surface area (Å²) in [6.45, 7) is 5.29. The van der Waals surface area contributed by atoms with Crippen LogP contribution in [-0.2, 0) is 22.5 Å². The van der Waals surface area contributed by atoms with E-state index < -0.39 is 11.6 Å². The van der Waals surface area contributed by atoms with Gasteiger partial charge >= 0.3 is 0 Å². The molecule has 0 aromatic heterocycles. The van der Waals surface area contributed by atoms with Gasteiger partial charge in [-0.05, 0) is 53.1 Å². The van der Waals surface area contributed by atoms with E-state index in [1.807, 2.05) is 60.7 Å². The van der Waals surface area contributed by atoms with Gasteiger partial charge in [-0.1, -0.05) is 42.5 Å². The van der Waals surface area contributed by atoms with Gasteiger partial charge in [0.1, 0.15) is 11.5 Å². The molecule has 1 amide bonds. The first kappa shape index (κ1) is 25.5. The average molecular weight is 513 g/mol. The summed E-state index contributed by atoms with van der Waals surface area (Å²) in [5.74, 6) is 1.69. The minimum atomic E-state index is -1.20. The second-order valence-electron chi connectivity index (χ2n) is 9.49. The molecule has 38 heavy (non-hydrogen) atoms. The van der Waals surface area contributed by atoms with Crippen molar-refractivity contribution in [2.45, 2.75) is 31.0 Å². The molecule has 3 aromatic rings. The second-order valence-corrected chi connectivity index (χ2v) is 9.49. The van der Waals surface area contributed by atoms with Gasteiger partial charge in [-0.2, -0.15) is 0 Å². The lowest BCUT2D eigenvalue weighted by molar-refractivity contribution is -0.139. The normalized spacial score (nSPS) is 20.4. The maximum absolute atomic E-state index is 14.4. The van der Waals surface area contributed by atoms with Crippen LogP contribution in [0.15, 0.2) is 90.4 Å². The van der Waals surface area contributed by atoms with Crippen molar-refractivity contribution in [1.29, 1.82) is 0 Å². The summed E-state index contributed by atoms with van der Waals surface area (Å²) in [6.07, 6.45) is 2.06. The van der Waals surface area contributed by atoms with Crippen molar-refractivity contribution in [3.05, 3.63) is 108 Å². The Hall–Kier alpha value is -4.10. The molecule has 0 bridgehead atoms. The van der Waals surface area contributed by atoms with Crippen molar-refractivity contribution in [3.8, 4) is 11.5 Å². The number of nitrogens with zero attached hydrogens (tertiary/aromatic N) is 2. The molecule has 0 saturated heterocycles. The number of aliphatic hydroxyl groups excluding tert-OH is 1. The Labute approximate surface area is 223 Å². The first-order chi connectivity index (χ1) is 18.6. The number of ether oxygens (including phenoxy) is 3. The van der Waals surface area contributed by atoms with Crippen molar-refractivity contribution >= 4 is 11.8 Å². The third-order valence-corrected chi connectivity index (χ3v) is 6.98. The Morgan fingerprint density at radius 3 is 2.63 bits per heavy atom. The zero-order valence-corrected chi connectivity index (χ0v) is 21.5. The van der Waals surface area contributed by atoms with E-state index in [4.69, 9.17) is 24.3 Å². The highest BCUT2D eigenvalue weighted by atomic mass is 16.5. The number of fused-ring (bicyclic) bond motifs is 1. The molecule has 0 unspecified atom stereocenters. The zero-order chi connectivity index (χ0) is 26.5. The monoisotopic (exact) mass is 512 g/mol. The first-order valence-corrected chi connectivity index (χ1v) is 12.8. The summed E-state index contributed by atoms with van der Waals surface area (Å²) in [7, 11) is 1.62. The summed E-state index contributed by atoms with van der Waals surface area (Å²) in [4.78, 5) is 21.3. The molecule has 196 valence electrons. The summed E-state index contributed by atoms with van der Waals surface area (Å²) < 4.78 is 17.7. The van der Waals surface area contributed by atoms with Gasteiger partial charge in [-0.3, -0.25) is 4.79 Å². The van der Waals surface area contributed by atoms with Gasteiger partial charge < -0.3 is 24.2 Å². The van der Waals surface area contributed by atoms with Crippen LogP contribution in [0.1, 0.15) is 34.8 Å². The zero-order valence-electron chi connectivity index (χ0n) is 21.5. The Kier molecular flexibility index (Phi) is 7.47. The summed E-state index contributed by atoms with van der Waals surface area (Å²) >= 11 is 0. The highest BCUT2D eigenvalue weighted by Crippen LogP contribution is 2.45. The molecule has 7 heteroatoms. The molecule has 2 heterocycles. The fourth-order valence-corrected chi connectivity index (χ4v) is 5.10. The van der Waals surface area contributed by atoms with E-state index >= 15 is 0 Å². The molecular formula is C31H32N2O5. The fraction of sp³-hybridized carbons (Fsp3) is 0.290. The summed E-state index contributed by atoms with van der Waals surface area (Å²) in [5.41, 5.74) is 2.54. The Balaban J connectivity index is 1.60. The fourth-order valence-electron chi connectivity index (χ4n) is 5.10. The lowest BCUT2D eigenvalue weighted by Gasteiger charge is -2.33. The van der Waals surface area contributed by atoms with Crippen LogP contribution >= 0.6 is 0 Å². The van der Waals surface area contributed by atoms with E-state index in [2.05, 4.69) is 18.7 Å². The van der Waals surface area contributed by atoms with Crippen molar-refractivity contribution < 1.29 is 24.1 Å². The molecule has 0 fully saturated rings. The van der Waals surface area contributed by atoms with E-state index in [1.165, 1.54) is 0 Å². The van der Waals surface area contributed by atoms with Crippen LogP contribution in [0.5, 0.6) is 11.5 Å². The number of hydrogen-bond acceptors (Lipinski definition) is 6. The minimum absolute atomic E-state index is 0.0799. The molecule has 2 atom stereocenters. The number of aliphatic hydroxyl groups is 1. The number of methoxy groups -OCH3 is 1. The summed E-state index contributed by atoms with van der Waals surface area (Å²) in [6, 6.07) is 23.2. The Morgan fingerprint density at radius 2 is 1.89 bits per heavy atom. The molecule has 2 aliphatic rings.